The van der Waals surface area contributed by atoms with Gasteiger partial charge in [-0.1, -0.05) is 6.07 Å². The first-order valence-electron chi connectivity index (χ1n) is 8.63. The third kappa shape index (κ3) is 2.71. The molecule has 0 radical (unpaired) electrons. The van der Waals surface area contributed by atoms with Gasteiger partial charge in [-0.15, -0.1) is 0 Å². The van der Waals surface area contributed by atoms with Crippen LogP contribution in [0.5, 0.6) is 5.75 Å². The topological polar surface area (TPSA) is 121 Å². The highest BCUT2D eigenvalue weighted by Gasteiger charge is 2.53. The second-order valence-electron chi connectivity index (χ2n) is 6.77. The van der Waals surface area contributed by atoms with E-state index in [0.717, 1.165) is 5.69 Å². The molecule has 0 atom stereocenters. The van der Waals surface area contributed by atoms with Crippen LogP contribution in [0.2, 0.25) is 0 Å². The Balaban J connectivity index is 1.90. The van der Waals surface area contributed by atoms with E-state index in [1.54, 1.807) is 25.3 Å². The first-order chi connectivity index (χ1) is 12.9. The van der Waals surface area contributed by atoms with Gasteiger partial charge < -0.3 is 20.6 Å². The van der Waals surface area contributed by atoms with Crippen molar-refractivity contribution in [3.63, 3.8) is 0 Å². The summed E-state index contributed by atoms with van der Waals surface area (Å²) in [5.41, 5.74) is 12.5. The monoisotopic (exact) mass is 365 g/mol. The minimum atomic E-state index is -0.876. The molecule has 0 saturated heterocycles. The lowest BCUT2D eigenvalue weighted by molar-refractivity contribution is -0.120. The zero-order valence-corrected chi connectivity index (χ0v) is 14.8. The smallest absolute Gasteiger partial charge is 0.252 e. The maximum Gasteiger partial charge on any atom is 0.252 e. The van der Waals surface area contributed by atoms with Crippen LogP contribution in [-0.2, 0) is 16.8 Å². The summed E-state index contributed by atoms with van der Waals surface area (Å²) in [6.45, 7) is 1.89. The van der Waals surface area contributed by atoms with E-state index in [1.807, 2.05) is 18.2 Å². The molecule has 4 N–H and O–H groups in total. The lowest BCUT2D eigenvalue weighted by Gasteiger charge is -2.18. The van der Waals surface area contributed by atoms with Gasteiger partial charge in [0.25, 0.3) is 5.91 Å². The van der Waals surface area contributed by atoms with Crippen molar-refractivity contribution in [1.82, 2.24) is 4.98 Å². The fourth-order valence-corrected chi connectivity index (χ4v) is 3.56. The molecule has 3 aromatic rings. The van der Waals surface area contributed by atoms with E-state index < -0.39 is 17.2 Å². The number of ether oxygens (including phenoxy) is 1. The predicted octanol–water partition coefficient (Wildman–Crippen LogP) is 2.33. The van der Waals surface area contributed by atoms with Crippen molar-refractivity contribution in [2.75, 3.05) is 0 Å². The molecule has 1 fully saturated rings. The summed E-state index contributed by atoms with van der Waals surface area (Å²) in [6, 6.07) is 8.98. The molecule has 0 aliphatic heterocycles. The standard InChI is InChI=1S/C20H19N3O4/c1-11-15(18(21)24)16-13(27-11)5-6-14(17(16)20(7-8-20)19(22)25)26-10-12-4-2-3-9-23-12/h2-6,9H,7-8,10H2,1H3,(H2,21,24)(H2,22,25). The molecule has 0 bridgehead atoms. The van der Waals surface area contributed by atoms with Crippen LogP contribution in [0.4, 0.5) is 0 Å². The van der Waals surface area contributed by atoms with Crippen molar-refractivity contribution in [2.24, 2.45) is 11.5 Å². The molecule has 1 aromatic carbocycles. The maximum absolute atomic E-state index is 12.2. The number of fused-ring (bicyclic) bond motifs is 1. The summed E-state index contributed by atoms with van der Waals surface area (Å²) in [6.07, 6.45) is 2.85. The number of benzene rings is 1. The van der Waals surface area contributed by atoms with Gasteiger partial charge in [-0.2, -0.15) is 0 Å². The van der Waals surface area contributed by atoms with Crippen molar-refractivity contribution in [3.8, 4) is 5.75 Å². The van der Waals surface area contributed by atoms with Gasteiger partial charge in [0.2, 0.25) is 5.91 Å². The van der Waals surface area contributed by atoms with E-state index in [4.69, 9.17) is 20.6 Å². The van der Waals surface area contributed by atoms with Crippen molar-refractivity contribution < 1.29 is 18.7 Å². The van der Waals surface area contributed by atoms with Crippen molar-refractivity contribution >= 4 is 22.8 Å². The SMILES string of the molecule is Cc1oc2ccc(OCc3ccccn3)c(C3(C(N)=O)CC3)c2c1C(N)=O. The molecule has 27 heavy (non-hydrogen) atoms. The molecular formula is C20H19N3O4. The fraction of sp³-hybridized carbons (Fsp3) is 0.250. The minimum Gasteiger partial charge on any atom is -0.487 e. The zero-order chi connectivity index (χ0) is 19.2. The zero-order valence-electron chi connectivity index (χ0n) is 14.8. The third-order valence-electron chi connectivity index (χ3n) is 5.04. The number of nitrogens with zero attached hydrogens (tertiary/aromatic N) is 1. The molecule has 0 unspecified atom stereocenters. The Morgan fingerprint density at radius 3 is 2.59 bits per heavy atom. The predicted molar refractivity (Wildman–Crippen MR) is 98.1 cm³/mol. The summed E-state index contributed by atoms with van der Waals surface area (Å²) >= 11 is 0. The number of primary amides is 2. The van der Waals surface area contributed by atoms with Crippen LogP contribution >= 0.6 is 0 Å². The first kappa shape index (κ1) is 17.1. The van der Waals surface area contributed by atoms with Crippen LogP contribution in [-0.4, -0.2) is 16.8 Å². The Labute approximate surface area is 155 Å². The number of amides is 2. The maximum atomic E-state index is 12.2. The fourth-order valence-electron chi connectivity index (χ4n) is 3.56. The molecule has 1 aliphatic rings. The molecule has 2 heterocycles. The Morgan fingerprint density at radius 2 is 2.00 bits per heavy atom. The average Bonchev–Trinajstić information content (AvgIpc) is 3.37. The Bertz CT molecular complexity index is 1050. The lowest BCUT2D eigenvalue weighted by Crippen LogP contribution is -2.29. The second kappa shape index (κ2) is 6.12. The summed E-state index contributed by atoms with van der Waals surface area (Å²) < 4.78 is 11.7. The molecule has 1 saturated carbocycles. The van der Waals surface area contributed by atoms with Gasteiger partial charge in [0, 0.05) is 17.1 Å². The molecule has 0 spiro atoms. The normalized spacial score (nSPS) is 14.9. The third-order valence-corrected chi connectivity index (χ3v) is 5.04. The van der Waals surface area contributed by atoms with Crippen LogP contribution in [0.25, 0.3) is 11.0 Å². The number of hydrogen-bond acceptors (Lipinski definition) is 5. The van der Waals surface area contributed by atoms with E-state index >= 15 is 0 Å². The molecule has 4 rings (SSSR count). The van der Waals surface area contributed by atoms with Crippen molar-refractivity contribution in [2.45, 2.75) is 31.8 Å². The number of aromatic nitrogens is 1. The van der Waals surface area contributed by atoms with Crippen molar-refractivity contribution in [1.29, 1.82) is 0 Å². The van der Waals surface area contributed by atoms with Crippen LogP contribution in [0.1, 0.15) is 40.2 Å². The van der Waals surface area contributed by atoms with Crippen molar-refractivity contribution in [3.05, 3.63) is 59.1 Å². The molecular weight excluding hydrogens is 346 g/mol. The molecule has 1 aliphatic carbocycles. The van der Waals surface area contributed by atoms with Crippen LogP contribution in [0, 0.1) is 6.92 Å². The van der Waals surface area contributed by atoms with Crippen LogP contribution < -0.4 is 16.2 Å². The summed E-state index contributed by atoms with van der Waals surface area (Å²) in [7, 11) is 0. The summed E-state index contributed by atoms with van der Waals surface area (Å²) in [5.74, 6) is -0.185. The minimum absolute atomic E-state index is 0.219. The molecule has 2 amide bonds. The van der Waals surface area contributed by atoms with Gasteiger partial charge >= 0.3 is 0 Å². The highest BCUT2D eigenvalue weighted by atomic mass is 16.5. The number of carbonyl (C=O) groups excluding carboxylic acids is 2. The highest BCUT2D eigenvalue weighted by molar-refractivity contribution is 6.10. The molecule has 2 aromatic heterocycles. The highest BCUT2D eigenvalue weighted by Crippen LogP contribution is 2.54. The van der Waals surface area contributed by atoms with E-state index in [0.29, 0.717) is 40.9 Å². The van der Waals surface area contributed by atoms with Crippen LogP contribution in [0.3, 0.4) is 0 Å². The number of pyridine rings is 1. The van der Waals surface area contributed by atoms with Gasteiger partial charge in [-0.25, -0.2) is 0 Å². The number of hydrogen-bond donors (Lipinski definition) is 2. The second-order valence-corrected chi connectivity index (χ2v) is 6.77. The average molecular weight is 365 g/mol. The van der Waals surface area contributed by atoms with Gasteiger partial charge in [0.15, 0.2) is 0 Å². The molecule has 138 valence electrons. The van der Waals surface area contributed by atoms with Gasteiger partial charge in [0.1, 0.15) is 23.7 Å². The molecule has 7 heteroatoms. The van der Waals surface area contributed by atoms with E-state index in [-0.39, 0.29) is 12.2 Å². The number of carbonyl (C=O) groups is 2. The number of aryl methyl sites for hydroxylation is 1. The van der Waals surface area contributed by atoms with Gasteiger partial charge in [-0.05, 0) is 44.0 Å². The van der Waals surface area contributed by atoms with E-state index in [1.165, 1.54) is 0 Å². The van der Waals surface area contributed by atoms with E-state index in [2.05, 4.69) is 4.98 Å². The number of rotatable bonds is 6. The van der Waals surface area contributed by atoms with Crippen LogP contribution in [0.15, 0.2) is 40.9 Å². The molecule has 7 nitrogen and oxygen atoms in total. The Morgan fingerprint density at radius 1 is 1.22 bits per heavy atom. The quantitative estimate of drug-likeness (QED) is 0.694. The largest absolute Gasteiger partial charge is 0.487 e. The Kier molecular flexibility index (Phi) is 3.87. The van der Waals surface area contributed by atoms with Gasteiger partial charge in [-0.3, -0.25) is 14.6 Å². The summed E-state index contributed by atoms with van der Waals surface area (Å²) in [5, 5.41) is 0.509. The Hall–Kier alpha value is -3.35. The summed E-state index contributed by atoms with van der Waals surface area (Å²) in [4.78, 5) is 28.5. The van der Waals surface area contributed by atoms with Gasteiger partial charge in [0.05, 0.1) is 16.7 Å². The number of furan rings is 1. The number of nitrogens with two attached hydrogens (primary N) is 2. The lowest BCUT2D eigenvalue weighted by atomic mass is 9.89. The van der Waals surface area contributed by atoms with E-state index in [9.17, 15) is 9.59 Å². The first-order valence-corrected chi connectivity index (χ1v) is 8.63.